The van der Waals surface area contributed by atoms with Gasteiger partial charge in [-0.1, -0.05) is 37.3 Å². The van der Waals surface area contributed by atoms with Gasteiger partial charge in [0.15, 0.2) is 0 Å². The first-order valence-corrected chi connectivity index (χ1v) is 5.83. The molecule has 0 fully saturated rings. The highest BCUT2D eigenvalue weighted by molar-refractivity contribution is 5.82. The molecule has 5 heteroatoms. The van der Waals surface area contributed by atoms with Gasteiger partial charge >= 0.3 is 5.97 Å². The van der Waals surface area contributed by atoms with Gasteiger partial charge in [-0.05, 0) is 12.0 Å². The predicted molar refractivity (Wildman–Crippen MR) is 67.8 cm³/mol. The Morgan fingerprint density at radius 3 is 2.50 bits per heavy atom. The molecule has 1 aromatic carbocycles. The van der Waals surface area contributed by atoms with Crippen LogP contribution in [0.3, 0.4) is 0 Å². The number of carbonyl (C=O) groups is 2. The molecule has 0 bridgehead atoms. The SMILES string of the molecule is CC(CCNC(=O)C(N)c1ccccc1)C(=O)O. The molecule has 1 rings (SSSR count). The molecule has 0 spiro atoms. The van der Waals surface area contributed by atoms with Crippen LogP contribution in [0, 0.1) is 5.92 Å². The minimum absolute atomic E-state index is 0.293. The second-order valence-corrected chi connectivity index (χ2v) is 4.21. The Morgan fingerprint density at radius 2 is 1.94 bits per heavy atom. The van der Waals surface area contributed by atoms with Gasteiger partial charge in [0.1, 0.15) is 6.04 Å². The van der Waals surface area contributed by atoms with Crippen molar-refractivity contribution in [3.63, 3.8) is 0 Å². The molecule has 0 aliphatic rings. The summed E-state index contributed by atoms with van der Waals surface area (Å²) in [5.41, 5.74) is 6.52. The first-order chi connectivity index (χ1) is 8.52. The zero-order chi connectivity index (χ0) is 13.5. The van der Waals surface area contributed by atoms with Crippen LogP contribution in [0.5, 0.6) is 0 Å². The van der Waals surface area contributed by atoms with Crippen LogP contribution in [0.25, 0.3) is 0 Å². The lowest BCUT2D eigenvalue weighted by Crippen LogP contribution is -2.35. The zero-order valence-corrected chi connectivity index (χ0v) is 10.3. The molecule has 0 aliphatic heterocycles. The molecule has 5 nitrogen and oxygen atoms in total. The average Bonchev–Trinajstić information content (AvgIpc) is 2.38. The minimum atomic E-state index is -0.864. The number of amides is 1. The van der Waals surface area contributed by atoms with Gasteiger partial charge in [-0.2, -0.15) is 0 Å². The molecule has 1 amide bonds. The molecule has 0 radical (unpaired) electrons. The van der Waals surface area contributed by atoms with Gasteiger partial charge < -0.3 is 16.2 Å². The highest BCUT2D eigenvalue weighted by Crippen LogP contribution is 2.09. The van der Waals surface area contributed by atoms with Gasteiger partial charge in [-0.15, -0.1) is 0 Å². The van der Waals surface area contributed by atoms with E-state index in [0.29, 0.717) is 13.0 Å². The van der Waals surface area contributed by atoms with E-state index in [-0.39, 0.29) is 5.91 Å². The second kappa shape index (κ2) is 6.76. The minimum Gasteiger partial charge on any atom is -0.481 e. The third kappa shape index (κ3) is 4.18. The van der Waals surface area contributed by atoms with Gasteiger partial charge in [-0.25, -0.2) is 0 Å². The summed E-state index contributed by atoms with van der Waals surface area (Å²) < 4.78 is 0. The molecule has 0 aromatic heterocycles. The van der Waals surface area contributed by atoms with Crippen molar-refractivity contribution in [2.24, 2.45) is 11.7 Å². The summed E-state index contributed by atoms with van der Waals surface area (Å²) in [6.07, 6.45) is 0.391. The fourth-order valence-electron chi connectivity index (χ4n) is 1.46. The number of nitrogens with two attached hydrogens (primary N) is 1. The van der Waals surface area contributed by atoms with E-state index < -0.39 is 17.9 Å². The molecular formula is C13H18N2O3. The van der Waals surface area contributed by atoms with Crippen LogP contribution in [0.4, 0.5) is 0 Å². The van der Waals surface area contributed by atoms with Crippen molar-refractivity contribution in [2.45, 2.75) is 19.4 Å². The Bertz CT molecular complexity index is 406. The van der Waals surface area contributed by atoms with Crippen LogP contribution < -0.4 is 11.1 Å². The number of carboxylic acid groups (broad SMARTS) is 1. The summed E-state index contributed by atoms with van der Waals surface area (Å²) in [4.78, 5) is 22.3. The van der Waals surface area contributed by atoms with E-state index >= 15 is 0 Å². The summed E-state index contributed by atoms with van der Waals surface area (Å²) in [6.45, 7) is 1.92. The molecule has 0 saturated heterocycles. The lowest BCUT2D eigenvalue weighted by molar-refractivity contribution is -0.141. The van der Waals surface area contributed by atoms with Crippen molar-refractivity contribution in [2.75, 3.05) is 6.54 Å². The van der Waals surface area contributed by atoms with Crippen molar-refractivity contribution in [3.8, 4) is 0 Å². The summed E-state index contributed by atoms with van der Waals surface area (Å²) in [6, 6.07) is 8.33. The smallest absolute Gasteiger partial charge is 0.306 e. The Kier molecular flexibility index (Phi) is 5.32. The van der Waals surface area contributed by atoms with Gasteiger partial charge in [0.25, 0.3) is 0 Å². The quantitative estimate of drug-likeness (QED) is 0.699. The second-order valence-electron chi connectivity index (χ2n) is 4.21. The van der Waals surface area contributed by atoms with Gasteiger partial charge in [-0.3, -0.25) is 9.59 Å². The molecule has 1 aromatic rings. The van der Waals surface area contributed by atoms with E-state index in [9.17, 15) is 9.59 Å². The predicted octanol–water partition coefficient (Wildman–Crippen LogP) is 0.913. The first-order valence-electron chi connectivity index (χ1n) is 5.83. The van der Waals surface area contributed by atoms with E-state index in [1.54, 1.807) is 19.1 Å². The monoisotopic (exact) mass is 250 g/mol. The van der Waals surface area contributed by atoms with Crippen LogP contribution in [0.2, 0.25) is 0 Å². The maximum absolute atomic E-state index is 11.7. The molecule has 0 heterocycles. The normalized spacial score (nSPS) is 13.7. The highest BCUT2D eigenvalue weighted by atomic mass is 16.4. The summed E-state index contributed by atoms with van der Waals surface area (Å²) >= 11 is 0. The molecule has 18 heavy (non-hydrogen) atoms. The van der Waals surface area contributed by atoms with Crippen molar-refractivity contribution >= 4 is 11.9 Å². The number of benzene rings is 1. The third-order valence-corrected chi connectivity index (χ3v) is 2.74. The van der Waals surface area contributed by atoms with Gasteiger partial charge in [0.2, 0.25) is 5.91 Å². The van der Waals surface area contributed by atoms with Crippen molar-refractivity contribution in [3.05, 3.63) is 35.9 Å². The largest absolute Gasteiger partial charge is 0.481 e. The molecular weight excluding hydrogens is 232 g/mol. The summed E-state index contributed by atoms with van der Waals surface area (Å²) in [5.74, 6) is -1.63. The number of carboxylic acids is 1. The number of aliphatic carboxylic acids is 1. The van der Waals surface area contributed by atoms with Crippen LogP contribution in [-0.2, 0) is 9.59 Å². The van der Waals surface area contributed by atoms with Crippen molar-refractivity contribution in [1.29, 1.82) is 0 Å². The topological polar surface area (TPSA) is 92.4 Å². The van der Waals surface area contributed by atoms with E-state index in [4.69, 9.17) is 10.8 Å². The van der Waals surface area contributed by atoms with Crippen LogP contribution in [-0.4, -0.2) is 23.5 Å². The third-order valence-electron chi connectivity index (χ3n) is 2.74. The number of hydrogen-bond acceptors (Lipinski definition) is 3. The number of carbonyl (C=O) groups excluding carboxylic acids is 1. The van der Waals surface area contributed by atoms with Gasteiger partial charge in [0, 0.05) is 6.54 Å². The maximum atomic E-state index is 11.7. The van der Waals surface area contributed by atoms with Crippen LogP contribution >= 0.6 is 0 Å². The van der Waals surface area contributed by atoms with Crippen LogP contribution in [0.1, 0.15) is 24.9 Å². The van der Waals surface area contributed by atoms with E-state index in [2.05, 4.69) is 5.32 Å². The Balaban J connectivity index is 2.40. The molecule has 98 valence electrons. The lowest BCUT2D eigenvalue weighted by Gasteiger charge is -2.13. The number of hydrogen-bond donors (Lipinski definition) is 3. The van der Waals surface area contributed by atoms with Crippen molar-refractivity contribution < 1.29 is 14.7 Å². The van der Waals surface area contributed by atoms with E-state index in [0.717, 1.165) is 5.56 Å². The Morgan fingerprint density at radius 1 is 1.33 bits per heavy atom. The van der Waals surface area contributed by atoms with Gasteiger partial charge in [0.05, 0.1) is 5.92 Å². The fourth-order valence-corrected chi connectivity index (χ4v) is 1.46. The number of rotatable bonds is 6. The average molecular weight is 250 g/mol. The summed E-state index contributed by atoms with van der Waals surface area (Å²) in [7, 11) is 0. The number of nitrogens with one attached hydrogen (secondary N) is 1. The fraction of sp³-hybridized carbons (Fsp3) is 0.385. The zero-order valence-electron chi connectivity index (χ0n) is 10.3. The Hall–Kier alpha value is -1.88. The van der Waals surface area contributed by atoms with Crippen LogP contribution in [0.15, 0.2) is 30.3 Å². The molecule has 0 aliphatic carbocycles. The molecule has 0 saturated carbocycles. The lowest BCUT2D eigenvalue weighted by atomic mass is 10.1. The molecule has 2 atom stereocenters. The van der Waals surface area contributed by atoms with Crippen molar-refractivity contribution in [1.82, 2.24) is 5.32 Å². The Labute approximate surface area is 106 Å². The standard InChI is InChI=1S/C13H18N2O3/c1-9(13(17)18)7-8-15-12(16)11(14)10-5-3-2-4-6-10/h2-6,9,11H,7-8,14H2,1H3,(H,15,16)(H,17,18). The molecule has 2 unspecified atom stereocenters. The van der Waals surface area contributed by atoms with E-state index in [1.807, 2.05) is 18.2 Å². The van der Waals surface area contributed by atoms with E-state index in [1.165, 1.54) is 0 Å². The first kappa shape index (κ1) is 14.2. The molecule has 4 N–H and O–H groups in total. The maximum Gasteiger partial charge on any atom is 0.306 e. The summed E-state index contributed by atoms with van der Waals surface area (Å²) in [5, 5.41) is 11.3. The highest BCUT2D eigenvalue weighted by Gasteiger charge is 2.16.